The SMILES string of the molecule is CC1(C)CCN(CCc2ccccc2CN)CC1. The molecule has 0 aromatic heterocycles. The van der Waals surface area contributed by atoms with Gasteiger partial charge in [-0.1, -0.05) is 38.1 Å². The third-order valence-corrected chi connectivity index (χ3v) is 4.25. The summed E-state index contributed by atoms with van der Waals surface area (Å²) >= 11 is 0. The van der Waals surface area contributed by atoms with Crippen molar-refractivity contribution < 1.29 is 0 Å². The van der Waals surface area contributed by atoms with Crippen molar-refractivity contribution in [3.05, 3.63) is 35.4 Å². The molecule has 0 radical (unpaired) electrons. The van der Waals surface area contributed by atoms with Crippen LogP contribution in [0, 0.1) is 5.41 Å². The zero-order chi connectivity index (χ0) is 13.0. The van der Waals surface area contributed by atoms with Gasteiger partial charge in [-0.3, -0.25) is 0 Å². The minimum atomic E-state index is 0.547. The molecule has 100 valence electrons. The fourth-order valence-corrected chi connectivity index (χ4v) is 2.66. The van der Waals surface area contributed by atoms with Gasteiger partial charge in [0.15, 0.2) is 0 Å². The zero-order valence-corrected chi connectivity index (χ0v) is 11.8. The second-order valence-corrected chi connectivity index (χ2v) is 6.23. The molecule has 0 bridgehead atoms. The molecule has 2 heteroatoms. The summed E-state index contributed by atoms with van der Waals surface area (Å²) < 4.78 is 0. The first-order valence-corrected chi connectivity index (χ1v) is 7.10. The van der Waals surface area contributed by atoms with Gasteiger partial charge in [-0.15, -0.1) is 0 Å². The molecule has 0 spiro atoms. The number of nitrogens with two attached hydrogens (primary N) is 1. The largest absolute Gasteiger partial charge is 0.326 e. The van der Waals surface area contributed by atoms with Crippen LogP contribution in [0.3, 0.4) is 0 Å². The number of piperidine rings is 1. The number of rotatable bonds is 4. The van der Waals surface area contributed by atoms with Crippen LogP contribution in [0.4, 0.5) is 0 Å². The topological polar surface area (TPSA) is 29.3 Å². The summed E-state index contributed by atoms with van der Waals surface area (Å²) in [5.41, 5.74) is 9.05. The van der Waals surface area contributed by atoms with Crippen molar-refractivity contribution in [2.45, 2.75) is 39.7 Å². The highest BCUT2D eigenvalue weighted by atomic mass is 15.1. The van der Waals surface area contributed by atoms with E-state index in [1.54, 1.807) is 0 Å². The summed E-state index contributed by atoms with van der Waals surface area (Å²) in [6.45, 7) is 9.09. The van der Waals surface area contributed by atoms with E-state index < -0.39 is 0 Å². The number of hydrogen-bond donors (Lipinski definition) is 1. The lowest BCUT2D eigenvalue weighted by Crippen LogP contribution is -2.38. The van der Waals surface area contributed by atoms with Gasteiger partial charge in [-0.05, 0) is 48.9 Å². The van der Waals surface area contributed by atoms with Gasteiger partial charge in [-0.25, -0.2) is 0 Å². The van der Waals surface area contributed by atoms with Gasteiger partial charge in [0.25, 0.3) is 0 Å². The van der Waals surface area contributed by atoms with E-state index in [0.29, 0.717) is 12.0 Å². The molecule has 1 heterocycles. The van der Waals surface area contributed by atoms with Gasteiger partial charge in [0.2, 0.25) is 0 Å². The number of likely N-dealkylation sites (tertiary alicyclic amines) is 1. The smallest absolute Gasteiger partial charge is 0.0180 e. The molecule has 0 atom stereocenters. The molecule has 1 aromatic rings. The molecule has 0 aliphatic carbocycles. The summed E-state index contributed by atoms with van der Waals surface area (Å²) in [6, 6.07) is 8.56. The maximum Gasteiger partial charge on any atom is 0.0180 e. The van der Waals surface area contributed by atoms with Crippen molar-refractivity contribution in [3.8, 4) is 0 Å². The van der Waals surface area contributed by atoms with E-state index in [1.807, 2.05) is 0 Å². The van der Waals surface area contributed by atoms with Crippen LogP contribution in [0.25, 0.3) is 0 Å². The van der Waals surface area contributed by atoms with E-state index in [1.165, 1.54) is 43.6 Å². The maximum absolute atomic E-state index is 5.78. The van der Waals surface area contributed by atoms with Gasteiger partial charge in [-0.2, -0.15) is 0 Å². The fourth-order valence-electron chi connectivity index (χ4n) is 2.66. The molecule has 2 rings (SSSR count). The molecule has 2 nitrogen and oxygen atoms in total. The first kappa shape index (κ1) is 13.6. The first-order chi connectivity index (χ1) is 8.61. The second-order valence-electron chi connectivity index (χ2n) is 6.23. The Balaban J connectivity index is 1.85. The third kappa shape index (κ3) is 3.56. The Kier molecular flexibility index (Phi) is 4.41. The maximum atomic E-state index is 5.78. The van der Waals surface area contributed by atoms with Crippen LogP contribution in [0.15, 0.2) is 24.3 Å². The normalized spacial score (nSPS) is 19.9. The molecule has 18 heavy (non-hydrogen) atoms. The quantitative estimate of drug-likeness (QED) is 0.885. The number of benzene rings is 1. The van der Waals surface area contributed by atoms with Crippen LogP contribution in [-0.4, -0.2) is 24.5 Å². The summed E-state index contributed by atoms with van der Waals surface area (Å²) in [7, 11) is 0. The minimum absolute atomic E-state index is 0.547. The van der Waals surface area contributed by atoms with E-state index in [2.05, 4.69) is 43.0 Å². The van der Waals surface area contributed by atoms with Crippen molar-refractivity contribution in [1.82, 2.24) is 4.90 Å². The van der Waals surface area contributed by atoms with Gasteiger partial charge in [0.1, 0.15) is 0 Å². The van der Waals surface area contributed by atoms with Gasteiger partial charge in [0.05, 0.1) is 0 Å². The molecule has 0 saturated carbocycles. The molecule has 1 fully saturated rings. The van der Waals surface area contributed by atoms with Gasteiger partial charge >= 0.3 is 0 Å². The highest BCUT2D eigenvalue weighted by Crippen LogP contribution is 2.29. The lowest BCUT2D eigenvalue weighted by Gasteiger charge is -2.37. The van der Waals surface area contributed by atoms with Crippen LogP contribution in [0.5, 0.6) is 0 Å². The summed E-state index contributed by atoms with van der Waals surface area (Å²) in [4.78, 5) is 2.60. The molecule has 1 aliphatic heterocycles. The molecular formula is C16H26N2. The predicted molar refractivity (Wildman–Crippen MR) is 77.5 cm³/mol. The van der Waals surface area contributed by atoms with E-state index in [9.17, 15) is 0 Å². The molecular weight excluding hydrogens is 220 g/mol. The molecule has 1 aromatic carbocycles. The highest BCUT2D eigenvalue weighted by Gasteiger charge is 2.24. The van der Waals surface area contributed by atoms with E-state index in [-0.39, 0.29) is 0 Å². The van der Waals surface area contributed by atoms with E-state index in [4.69, 9.17) is 5.73 Å². The Morgan fingerprint density at radius 2 is 1.72 bits per heavy atom. The summed E-state index contributed by atoms with van der Waals surface area (Å²) in [6.07, 6.45) is 3.78. The van der Waals surface area contributed by atoms with Crippen LogP contribution in [0.1, 0.15) is 37.8 Å². The Morgan fingerprint density at radius 3 is 2.33 bits per heavy atom. The van der Waals surface area contributed by atoms with E-state index >= 15 is 0 Å². The standard InChI is InChI=1S/C16H26N2/c1-16(2)8-11-18(12-9-16)10-7-14-5-3-4-6-15(14)13-17/h3-6H,7-13,17H2,1-2H3. The lowest BCUT2D eigenvalue weighted by atomic mass is 9.82. The van der Waals surface area contributed by atoms with Crippen molar-refractivity contribution >= 4 is 0 Å². The Hall–Kier alpha value is -0.860. The summed E-state index contributed by atoms with van der Waals surface area (Å²) in [5.74, 6) is 0. The van der Waals surface area contributed by atoms with Crippen molar-refractivity contribution in [3.63, 3.8) is 0 Å². The van der Waals surface area contributed by atoms with Gasteiger partial charge < -0.3 is 10.6 Å². The molecule has 0 unspecified atom stereocenters. The number of nitrogens with zero attached hydrogens (tertiary/aromatic N) is 1. The molecule has 1 saturated heterocycles. The van der Waals surface area contributed by atoms with Gasteiger partial charge in [0, 0.05) is 13.1 Å². The summed E-state index contributed by atoms with van der Waals surface area (Å²) in [5, 5.41) is 0. The Morgan fingerprint density at radius 1 is 1.11 bits per heavy atom. The van der Waals surface area contributed by atoms with Crippen molar-refractivity contribution in [2.75, 3.05) is 19.6 Å². The van der Waals surface area contributed by atoms with Crippen LogP contribution >= 0.6 is 0 Å². The second kappa shape index (κ2) is 5.85. The monoisotopic (exact) mass is 246 g/mol. The minimum Gasteiger partial charge on any atom is -0.326 e. The highest BCUT2D eigenvalue weighted by molar-refractivity contribution is 5.27. The predicted octanol–water partition coefficient (Wildman–Crippen LogP) is 2.81. The van der Waals surface area contributed by atoms with E-state index in [0.717, 1.165) is 6.42 Å². The third-order valence-electron chi connectivity index (χ3n) is 4.25. The number of hydrogen-bond acceptors (Lipinski definition) is 2. The molecule has 1 aliphatic rings. The average Bonchev–Trinajstić information content (AvgIpc) is 2.38. The molecule has 2 N–H and O–H groups in total. The van der Waals surface area contributed by atoms with Crippen LogP contribution < -0.4 is 5.73 Å². The molecule has 0 amide bonds. The Labute approximate surface area is 111 Å². The van der Waals surface area contributed by atoms with Crippen LogP contribution in [0.2, 0.25) is 0 Å². The first-order valence-electron chi connectivity index (χ1n) is 7.10. The average molecular weight is 246 g/mol. The zero-order valence-electron chi connectivity index (χ0n) is 11.8. The van der Waals surface area contributed by atoms with Crippen molar-refractivity contribution in [1.29, 1.82) is 0 Å². The lowest BCUT2D eigenvalue weighted by molar-refractivity contribution is 0.134. The van der Waals surface area contributed by atoms with Crippen molar-refractivity contribution in [2.24, 2.45) is 11.1 Å². The Bertz CT molecular complexity index is 374. The van der Waals surface area contributed by atoms with Crippen LogP contribution in [-0.2, 0) is 13.0 Å². The fraction of sp³-hybridized carbons (Fsp3) is 0.625.